The summed E-state index contributed by atoms with van der Waals surface area (Å²) in [6, 6.07) is 2.33. The summed E-state index contributed by atoms with van der Waals surface area (Å²) in [5.74, 6) is -0.166. The van der Waals surface area contributed by atoms with Crippen molar-refractivity contribution in [1.29, 1.82) is 0 Å². The van der Waals surface area contributed by atoms with Gasteiger partial charge in [0.2, 0.25) is 0 Å². The summed E-state index contributed by atoms with van der Waals surface area (Å²) in [5, 5.41) is 18.6. The number of hydrogen-bond acceptors (Lipinski definition) is 4. The number of anilines is 1. The van der Waals surface area contributed by atoms with Crippen LogP contribution < -0.4 is 10.6 Å². The second kappa shape index (κ2) is 5.65. The standard InChI is InChI=1S/C12H14ClFN6O/c1-6-4-7(5-8(13)9(6)14)15-11(21)16-12(2,3)10-17-19-20-18-10/h4-5H,1-3H3,(H2,15,16,21)(H,17,18,19,20). The van der Waals surface area contributed by atoms with Crippen molar-refractivity contribution >= 4 is 23.3 Å². The fourth-order valence-corrected chi connectivity index (χ4v) is 1.99. The molecule has 0 saturated heterocycles. The summed E-state index contributed by atoms with van der Waals surface area (Å²) in [5.41, 5.74) is -0.0915. The number of aromatic amines is 1. The number of carbonyl (C=O) groups is 1. The molecule has 2 aromatic rings. The SMILES string of the molecule is Cc1cc(NC(=O)NC(C)(C)c2nn[nH]n2)cc(Cl)c1F. The number of rotatable bonds is 3. The van der Waals surface area contributed by atoms with Crippen LogP contribution in [0.5, 0.6) is 0 Å². The maximum atomic E-state index is 13.4. The zero-order chi connectivity index (χ0) is 15.6. The van der Waals surface area contributed by atoms with E-state index in [0.29, 0.717) is 17.1 Å². The third-order valence-electron chi connectivity index (χ3n) is 2.80. The Labute approximate surface area is 125 Å². The van der Waals surface area contributed by atoms with E-state index in [-0.39, 0.29) is 5.02 Å². The molecular weight excluding hydrogens is 299 g/mol. The number of carbonyl (C=O) groups excluding carboxylic acids is 1. The van der Waals surface area contributed by atoms with Gasteiger partial charge < -0.3 is 10.6 Å². The maximum absolute atomic E-state index is 13.4. The molecule has 0 saturated carbocycles. The van der Waals surface area contributed by atoms with Gasteiger partial charge in [0.1, 0.15) is 5.82 Å². The van der Waals surface area contributed by atoms with E-state index in [0.717, 1.165) is 0 Å². The average molecular weight is 313 g/mol. The summed E-state index contributed by atoms with van der Waals surface area (Å²) >= 11 is 5.74. The van der Waals surface area contributed by atoms with Gasteiger partial charge in [-0.25, -0.2) is 9.18 Å². The van der Waals surface area contributed by atoms with Gasteiger partial charge in [0.05, 0.1) is 10.6 Å². The summed E-state index contributed by atoms with van der Waals surface area (Å²) in [4.78, 5) is 12.0. The van der Waals surface area contributed by atoms with Crippen LogP contribution >= 0.6 is 11.6 Å². The number of hydrogen-bond donors (Lipinski definition) is 3. The Morgan fingerprint density at radius 2 is 2.14 bits per heavy atom. The van der Waals surface area contributed by atoms with Crippen molar-refractivity contribution in [3.8, 4) is 0 Å². The van der Waals surface area contributed by atoms with Crippen LogP contribution in [0.25, 0.3) is 0 Å². The first-order valence-electron chi connectivity index (χ1n) is 6.08. The normalized spacial score (nSPS) is 11.3. The van der Waals surface area contributed by atoms with E-state index in [1.54, 1.807) is 20.8 Å². The number of aromatic nitrogens is 4. The van der Waals surface area contributed by atoms with Crippen LogP contribution in [-0.2, 0) is 5.54 Å². The van der Waals surface area contributed by atoms with Gasteiger partial charge in [-0.05, 0) is 38.5 Å². The van der Waals surface area contributed by atoms with Crippen molar-refractivity contribution in [1.82, 2.24) is 25.9 Å². The maximum Gasteiger partial charge on any atom is 0.320 e. The molecule has 112 valence electrons. The molecule has 0 atom stereocenters. The predicted molar refractivity (Wildman–Crippen MR) is 75.5 cm³/mol. The van der Waals surface area contributed by atoms with Crippen LogP contribution in [-0.4, -0.2) is 26.7 Å². The number of amides is 2. The van der Waals surface area contributed by atoms with E-state index in [4.69, 9.17) is 11.6 Å². The van der Waals surface area contributed by atoms with Crippen LogP contribution in [0.4, 0.5) is 14.9 Å². The molecule has 0 bridgehead atoms. The van der Waals surface area contributed by atoms with E-state index in [2.05, 4.69) is 31.3 Å². The smallest absolute Gasteiger partial charge is 0.320 e. The molecular formula is C12H14ClFN6O. The van der Waals surface area contributed by atoms with Crippen LogP contribution in [0.2, 0.25) is 5.02 Å². The lowest BCUT2D eigenvalue weighted by Gasteiger charge is -2.22. The summed E-state index contributed by atoms with van der Waals surface area (Å²) in [6.45, 7) is 5.01. The summed E-state index contributed by atoms with van der Waals surface area (Å²) in [7, 11) is 0. The molecule has 1 aromatic carbocycles. The lowest BCUT2D eigenvalue weighted by atomic mass is 10.1. The first kappa shape index (κ1) is 15.2. The molecule has 2 amide bonds. The molecule has 1 heterocycles. The van der Waals surface area contributed by atoms with E-state index in [9.17, 15) is 9.18 Å². The van der Waals surface area contributed by atoms with Gasteiger partial charge in [0.15, 0.2) is 5.82 Å². The predicted octanol–water partition coefficient (Wildman–Crippen LogP) is 2.36. The fraction of sp³-hybridized carbons (Fsp3) is 0.333. The molecule has 2 rings (SSSR count). The number of urea groups is 1. The third-order valence-corrected chi connectivity index (χ3v) is 3.07. The second-order valence-corrected chi connectivity index (χ2v) is 5.44. The van der Waals surface area contributed by atoms with Crippen molar-refractivity contribution in [3.05, 3.63) is 34.4 Å². The van der Waals surface area contributed by atoms with Crippen molar-refractivity contribution in [2.24, 2.45) is 0 Å². The van der Waals surface area contributed by atoms with Crippen LogP contribution in [0.3, 0.4) is 0 Å². The van der Waals surface area contributed by atoms with Crippen LogP contribution in [0.1, 0.15) is 25.2 Å². The molecule has 9 heteroatoms. The molecule has 0 radical (unpaired) electrons. The lowest BCUT2D eigenvalue weighted by molar-refractivity contribution is 0.240. The molecule has 0 fully saturated rings. The highest BCUT2D eigenvalue weighted by Crippen LogP contribution is 2.23. The Kier molecular flexibility index (Phi) is 4.08. The number of benzene rings is 1. The Morgan fingerprint density at radius 3 is 2.71 bits per heavy atom. The van der Waals surface area contributed by atoms with Crippen LogP contribution in [0.15, 0.2) is 12.1 Å². The number of tetrazole rings is 1. The highest BCUT2D eigenvalue weighted by molar-refractivity contribution is 6.31. The summed E-state index contributed by atoms with van der Waals surface area (Å²) in [6.07, 6.45) is 0. The number of nitrogens with one attached hydrogen (secondary N) is 3. The molecule has 21 heavy (non-hydrogen) atoms. The van der Waals surface area contributed by atoms with E-state index in [1.807, 2.05) is 0 Å². The van der Waals surface area contributed by atoms with Crippen LogP contribution in [0, 0.1) is 12.7 Å². The van der Waals surface area contributed by atoms with Gasteiger partial charge in [-0.1, -0.05) is 16.8 Å². The third kappa shape index (κ3) is 3.46. The van der Waals surface area contributed by atoms with Gasteiger partial charge >= 0.3 is 6.03 Å². The van der Waals surface area contributed by atoms with Gasteiger partial charge in [0.25, 0.3) is 0 Å². The second-order valence-electron chi connectivity index (χ2n) is 5.03. The fourth-order valence-electron chi connectivity index (χ4n) is 1.73. The largest absolute Gasteiger partial charge is 0.326 e. The Bertz CT molecular complexity index is 635. The van der Waals surface area contributed by atoms with Gasteiger partial charge in [-0.2, -0.15) is 5.21 Å². The van der Waals surface area contributed by atoms with E-state index >= 15 is 0 Å². The molecule has 0 aliphatic carbocycles. The first-order chi connectivity index (χ1) is 9.79. The molecule has 7 nitrogen and oxygen atoms in total. The Morgan fingerprint density at radius 1 is 1.43 bits per heavy atom. The monoisotopic (exact) mass is 312 g/mol. The minimum Gasteiger partial charge on any atom is -0.326 e. The number of H-pyrrole nitrogens is 1. The zero-order valence-corrected chi connectivity index (χ0v) is 12.4. The average Bonchev–Trinajstić information content (AvgIpc) is 2.89. The van der Waals surface area contributed by atoms with Gasteiger partial charge in [0, 0.05) is 5.69 Å². The van der Waals surface area contributed by atoms with Crippen molar-refractivity contribution in [3.63, 3.8) is 0 Å². The van der Waals surface area contributed by atoms with Crippen molar-refractivity contribution in [2.45, 2.75) is 26.3 Å². The van der Waals surface area contributed by atoms with Gasteiger partial charge in [-0.3, -0.25) is 0 Å². The first-order valence-corrected chi connectivity index (χ1v) is 6.46. The number of halogens is 2. The van der Waals surface area contributed by atoms with Crippen molar-refractivity contribution in [2.75, 3.05) is 5.32 Å². The topological polar surface area (TPSA) is 95.6 Å². The Hall–Kier alpha value is -2.22. The highest BCUT2D eigenvalue weighted by atomic mass is 35.5. The molecule has 0 unspecified atom stereocenters. The minimum absolute atomic E-state index is 0.0530. The highest BCUT2D eigenvalue weighted by Gasteiger charge is 2.27. The molecule has 3 N–H and O–H groups in total. The number of nitrogens with zero attached hydrogens (tertiary/aromatic N) is 3. The molecule has 1 aromatic heterocycles. The molecule has 0 aliphatic heterocycles. The van der Waals surface area contributed by atoms with E-state index in [1.165, 1.54) is 12.1 Å². The molecule has 0 spiro atoms. The van der Waals surface area contributed by atoms with Gasteiger partial charge in [-0.15, -0.1) is 10.2 Å². The van der Waals surface area contributed by atoms with E-state index < -0.39 is 17.4 Å². The Balaban J connectivity index is 2.09. The molecule has 0 aliphatic rings. The van der Waals surface area contributed by atoms with Crippen molar-refractivity contribution < 1.29 is 9.18 Å². The summed E-state index contributed by atoms with van der Waals surface area (Å²) < 4.78 is 13.4. The zero-order valence-electron chi connectivity index (χ0n) is 11.7. The number of aryl methyl sites for hydroxylation is 1. The minimum atomic E-state index is -0.823. The lowest BCUT2D eigenvalue weighted by Crippen LogP contribution is -2.44. The quantitative estimate of drug-likeness (QED) is 0.810.